The van der Waals surface area contributed by atoms with Crippen molar-refractivity contribution in [3.63, 3.8) is 0 Å². The van der Waals surface area contributed by atoms with Gasteiger partial charge in [0.25, 0.3) is 5.56 Å². The van der Waals surface area contributed by atoms with Crippen molar-refractivity contribution in [3.8, 4) is 0 Å². The molecule has 0 fully saturated rings. The van der Waals surface area contributed by atoms with E-state index < -0.39 is 11.2 Å². The number of rotatable bonds is 7. The van der Waals surface area contributed by atoms with Crippen molar-refractivity contribution < 1.29 is 0 Å². The zero-order chi connectivity index (χ0) is 19.4. The zero-order valence-electron chi connectivity index (χ0n) is 15.2. The summed E-state index contributed by atoms with van der Waals surface area (Å²) in [5.41, 5.74) is 1.16. The second kappa shape index (κ2) is 8.63. The number of aromatic nitrogens is 4. The predicted molar refractivity (Wildman–Crippen MR) is 111 cm³/mol. The third-order valence-corrected chi connectivity index (χ3v) is 5.43. The number of imidazole rings is 1. The van der Waals surface area contributed by atoms with E-state index in [9.17, 15) is 9.59 Å². The van der Waals surface area contributed by atoms with Gasteiger partial charge in [-0.25, -0.2) is 9.78 Å². The summed E-state index contributed by atoms with van der Waals surface area (Å²) in [5, 5.41) is 1.34. The molecule has 1 N–H and O–H groups in total. The van der Waals surface area contributed by atoms with Gasteiger partial charge in [0.05, 0.1) is 0 Å². The monoisotopic (exact) mass is 404 g/mol. The third kappa shape index (κ3) is 4.54. The minimum absolute atomic E-state index is 0.384. The zero-order valence-corrected chi connectivity index (χ0v) is 16.8. The van der Waals surface area contributed by atoms with Crippen molar-refractivity contribution in [1.29, 1.82) is 0 Å². The standard InChI is InChI=1S/C19H21ClN4O2S/c1-13(20)10-11-24-15-16(23(2)18(26)22-17(15)25)21-19(24)27-12-6-9-14-7-4-3-5-8-14/h3-5,7-8,10H,6,9,11-12H2,1-2H3,(H,22,25,26)/b13-10+. The summed E-state index contributed by atoms with van der Waals surface area (Å²) in [5.74, 6) is 0.855. The molecule has 0 aliphatic rings. The van der Waals surface area contributed by atoms with E-state index in [2.05, 4.69) is 22.1 Å². The molecule has 0 radical (unpaired) electrons. The van der Waals surface area contributed by atoms with Gasteiger partial charge in [-0.05, 0) is 25.3 Å². The maximum absolute atomic E-state index is 12.4. The van der Waals surface area contributed by atoms with Gasteiger partial charge >= 0.3 is 5.69 Å². The number of H-pyrrole nitrogens is 1. The van der Waals surface area contributed by atoms with Gasteiger partial charge in [-0.3, -0.25) is 14.3 Å². The highest BCUT2D eigenvalue weighted by atomic mass is 35.5. The molecular weight excluding hydrogens is 384 g/mol. The maximum Gasteiger partial charge on any atom is 0.329 e. The van der Waals surface area contributed by atoms with Crippen LogP contribution in [0.25, 0.3) is 11.2 Å². The molecule has 6 nitrogen and oxygen atoms in total. The summed E-state index contributed by atoms with van der Waals surface area (Å²) in [7, 11) is 1.60. The molecule has 1 aromatic carbocycles. The molecule has 0 saturated carbocycles. The van der Waals surface area contributed by atoms with Gasteiger partial charge in [-0.15, -0.1) is 0 Å². The number of nitrogens with zero attached hydrogens (tertiary/aromatic N) is 3. The molecule has 0 amide bonds. The molecule has 2 heterocycles. The van der Waals surface area contributed by atoms with Gasteiger partial charge in [0.15, 0.2) is 16.3 Å². The molecule has 27 heavy (non-hydrogen) atoms. The molecule has 8 heteroatoms. The summed E-state index contributed by atoms with van der Waals surface area (Å²) in [6.45, 7) is 2.21. The van der Waals surface area contributed by atoms with Crippen molar-refractivity contribution in [3.05, 3.63) is 67.8 Å². The normalized spacial score (nSPS) is 12.0. The quantitative estimate of drug-likeness (QED) is 0.484. The minimum Gasteiger partial charge on any atom is -0.309 e. The smallest absolute Gasteiger partial charge is 0.309 e. The molecule has 0 spiro atoms. The fourth-order valence-electron chi connectivity index (χ4n) is 2.80. The first-order valence-corrected chi connectivity index (χ1v) is 10.0. The van der Waals surface area contributed by atoms with Crippen LogP contribution in [-0.4, -0.2) is 24.9 Å². The predicted octanol–water partition coefficient (Wildman–Crippen LogP) is 3.29. The minimum atomic E-state index is -0.471. The average molecular weight is 405 g/mol. The molecular formula is C19H21ClN4O2S. The van der Waals surface area contributed by atoms with Crippen LogP contribution in [0.5, 0.6) is 0 Å². The van der Waals surface area contributed by atoms with Gasteiger partial charge < -0.3 is 4.57 Å². The van der Waals surface area contributed by atoms with Crippen molar-refractivity contribution in [2.75, 3.05) is 5.75 Å². The van der Waals surface area contributed by atoms with Crippen molar-refractivity contribution in [2.24, 2.45) is 7.05 Å². The van der Waals surface area contributed by atoms with Crippen LogP contribution < -0.4 is 11.2 Å². The van der Waals surface area contributed by atoms with Crippen LogP contribution in [-0.2, 0) is 20.0 Å². The second-order valence-corrected chi connectivity index (χ2v) is 7.88. The number of halogens is 1. The van der Waals surface area contributed by atoms with Crippen LogP contribution in [0, 0.1) is 0 Å². The van der Waals surface area contributed by atoms with E-state index in [0.29, 0.717) is 27.9 Å². The van der Waals surface area contributed by atoms with Crippen molar-refractivity contribution in [1.82, 2.24) is 19.1 Å². The van der Waals surface area contributed by atoms with Crippen LogP contribution in [0.15, 0.2) is 56.2 Å². The first kappa shape index (κ1) is 19.5. The molecule has 0 aliphatic heterocycles. The fraction of sp³-hybridized carbons (Fsp3) is 0.316. The van der Waals surface area contributed by atoms with E-state index in [1.807, 2.05) is 28.8 Å². The summed E-state index contributed by atoms with van der Waals surface area (Å²) in [6, 6.07) is 10.3. The van der Waals surface area contributed by atoms with Crippen molar-refractivity contribution in [2.45, 2.75) is 31.5 Å². The number of allylic oxidation sites excluding steroid dienone is 2. The van der Waals surface area contributed by atoms with Gasteiger partial charge in [0, 0.05) is 24.4 Å². The Morgan fingerprint density at radius 3 is 2.74 bits per heavy atom. The Kier molecular flexibility index (Phi) is 6.23. The summed E-state index contributed by atoms with van der Waals surface area (Å²) >= 11 is 7.55. The van der Waals surface area contributed by atoms with E-state index in [0.717, 1.165) is 18.6 Å². The number of benzene rings is 1. The number of thioether (sulfide) groups is 1. The Labute approximate surface area is 165 Å². The molecule has 0 aliphatic carbocycles. The summed E-state index contributed by atoms with van der Waals surface area (Å²) in [6.07, 6.45) is 3.78. The van der Waals surface area contributed by atoms with Crippen LogP contribution in [0.1, 0.15) is 18.9 Å². The Bertz CT molecular complexity index is 1080. The van der Waals surface area contributed by atoms with Crippen LogP contribution >= 0.6 is 23.4 Å². The lowest BCUT2D eigenvalue weighted by molar-refractivity contribution is 0.741. The van der Waals surface area contributed by atoms with Gasteiger partial charge in [0.1, 0.15) is 0 Å². The van der Waals surface area contributed by atoms with Crippen LogP contribution in [0.4, 0.5) is 0 Å². The first-order chi connectivity index (χ1) is 13.0. The van der Waals surface area contributed by atoms with E-state index in [-0.39, 0.29) is 0 Å². The molecule has 0 atom stereocenters. The molecule has 142 valence electrons. The van der Waals surface area contributed by atoms with E-state index >= 15 is 0 Å². The Balaban J connectivity index is 1.86. The molecule has 3 rings (SSSR count). The lowest BCUT2D eigenvalue weighted by Gasteiger charge is -2.06. The van der Waals surface area contributed by atoms with E-state index in [1.54, 1.807) is 25.7 Å². The van der Waals surface area contributed by atoms with Crippen LogP contribution in [0.3, 0.4) is 0 Å². The van der Waals surface area contributed by atoms with Gasteiger partial charge in [0.2, 0.25) is 0 Å². The first-order valence-electron chi connectivity index (χ1n) is 8.66. The summed E-state index contributed by atoms with van der Waals surface area (Å²) in [4.78, 5) is 31.1. The van der Waals surface area contributed by atoms with Crippen molar-refractivity contribution >= 4 is 34.5 Å². The number of fused-ring (bicyclic) bond motifs is 1. The number of nitrogens with one attached hydrogen (secondary N) is 1. The van der Waals surface area contributed by atoms with E-state index in [4.69, 9.17) is 11.6 Å². The highest BCUT2D eigenvalue weighted by Crippen LogP contribution is 2.23. The number of hydrogen-bond acceptors (Lipinski definition) is 4. The number of hydrogen-bond donors (Lipinski definition) is 1. The number of aromatic amines is 1. The topological polar surface area (TPSA) is 72.7 Å². The molecule has 0 unspecified atom stereocenters. The lowest BCUT2D eigenvalue weighted by atomic mass is 10.1. The maximum atomic E-state index is 12.4. The largest absolute Gasteiger partial charge is 0.329 e. The Morgan fingerprint density at radius 2 is 2.04 bits per heavy atom. The van der Waals surface area contributed by atoms with E-state index in [1.165, 1.54) is 10.1 Å². The Morgan fingerprint density at radius 1 is 1.30 bits per heavy atom. The highest BCUT2D eigenvalue weighted by molar-refractivity contribution is 7.99. The third-order valence-electron chi connectivity index (χ3n) is 4.21. The van der Waals surface area contributed by atoms with Gasteiger partial charge in [-0.1, -0.05) is 59.8 Å². The number of aryl methyl sites for hydroxylation is 2. The SMILES string of the molecule is C/C(Cl)=C\Cn1c(SCCCc2ccccc2)nc2c1c(=O)[nH]c(=O)n2C. The average Bonchev–Trinajstić information content (AvgIpc) is 3.01. The molecule has 3 aromatic rings. The molecule has 0 bridgehead atoms. The molecule has 0 saturated heterocycles. The highest BCUT2D eigenvalue weighted by Gasteiger charge is 2.17. The summed E-state index contributed by atoms with van der Waals surface area (Å²) < 4.78 is 3.17. The fourth-order valence-corrected chi connectivity index (χ4v) is 3.81. The lowest BCUT2D eigenvalue weighted by Crippen LogP contribution is -2.29. The van der Waals surface area contributed by atoms with Crippen LogP contribution in [0.2, 0.25) is 0 Å². The Hall–Kier alpha value is -2.25. The molecule has 2 aromatic heterocycles. The second-order valence-electron chi connectivity index (χ2n) is 6.22. The van der Waals surface area contributed by atoms with Gasteiger partial charge in [-0.2, -0.15) is 0 Å².